The zero-order chi connectivity index (χ0) is 6.69. The molecule has 1 rings (SSSR count). The summed E-state index contributed by atoms with van der Waals surface area (Å²) in [5.74, 6) is 6.01. The van der Waals surface area contributed by atoms with Crippen molar-refractivity contribution in [2.45, 2.75) is 25.3 Å². The van der Waals surface area contributed by atoms with E-state index >= 15 is 0 Å². The largest absolute Gasteiger partial charge is 0.329 e. The van der Waals surface area contributed by atoms with Gasteiger partial charge in [0.15, 0.2) is 0 Å². The van der Waals surface area contributed by atoms with Gasteiger partial charge in [-0.2, -0.15) is 0 Å². The van der Waals surface area contributed by atoms with Crippen molar-refractivity contribution >= 4 is 0 Å². The Labute approximate surface area is 55.8 Å². The molecule has 0 spiro atoms. The fourth-order valence-corrected chi connectivity index (χ4v) is 1.24. The maximum Gasteiger partial charge on any atom is 0.0361 e. The van der Waals surface area contributed by atoms with Crippen LogP contribution in [0.15, 0.2) is 0 Å². The summed E-state index contributed by atoms with van der Waals surface area (Å²) < 4.78 is 0. The van der Waals surface area contributed by atoms with E-state index < -0.39 is 0 Å². The molecule has 1 aliphatic rings. The van der Waals surface area contributed by atoms with Crippen LogP contribution in [-0.4, -0.2) is 12.6 Å². The van der Waals surface area contributed by atoms with E-state index in [2.05, 4.69) is 5.43 Å². The van der Waals surface area contributed by atoms with Crippen LogP contribution in [-0.2, 0) is 0 Å². The van der Waals surface area contributed by atoms with Crippen molar-refractivity contribution in [3.63, 3.8) is 0 Å². The average molecular weight is 129 g/mol. The molecule has 5 N–H and O–H groups in total. The highest BCUT2D eigenvalue weighted by molar-refractivity contribution is 4.81. The van der Waals surface area contributed by atoms with Gasteiger partial charge in [0.05, 0.1) is 0 Å². The first-order valence-corrected chi connectivity index (χ1v) is 3.54. The van der Waals surface area contributed by atoms with Crippen molar-refractivity contribution in [2.24, 2.45) is 17.5 Å². The Bertz CT molecular complexity index is 76.4. The van der Waals surface area contributed by atoms with Crippen LogP contribution < -0.4 is 17.0 Å². The molecule has 54 valence electrons. The first-order chi connectivity index (χ1) is 4.38. The van der Waals surface area contributed by atoms with Crippen molar-refractivity contribution in [3.05, 3.63) is 0 Å². The molecule has 1 aliphatic carbocycles. The highest BCUT2D eigenvalue weighted by atomic mass is 15.2. The molecule has 9 heavy (non-hydrogen) atoms. The SMILES string of the molecule is NCC(NN)C1CCC1. The van der Waals surface area contributed by atoms with Gasteiger partial charge < -0.3 is 5.73 Å². The minimum atomic E-state index is 0.360. The molecule has 0 aromatic carbocycles. The summed E-state index contributed by atoms with van der Waals surface area (Å²) in [6.07, 6.45) is 3.95. The van der Waals surface area contributed by atoms with E-state index in [1.165, 1.54) is 19.3 Å². The topological polar surface area (TPSA) is 64.1 Å². The van der Waals surface area contributed by atoms with Crippen molar-refractivity contribution < 1.29 is 0 Å². The second-order valence-electron chi connectivity index (χ2n) is 2.70. The van der Waals surface area contributed by atoms with E-state index in [4.69, 9.17) is 11.6 Å². The van der Waals surface area contributed by atoms with Gasteiger partial charge in [0.1, 0.15) is 0 Å². The van der Waals surface area contributed by atoms with Crippen molar-refractivity contribution in [1.82, 2.24) is 5.43 Å². The van der Waals surface area contributed by atoms with Gasteiger partial charge in [0.25, 0.3) is 0 Å². The maximum atomic E-state index is 5.45. The summed E-state index contributed by atoms with van der Waals surface area (Å²) in [4.78, 5) is 0. The summed E-state index contributed by atoms with van der Waals surface area (Å²) in [6.45, 7) is 0.668. The van der Waals surface area contributed by atoms with Crippen LogP contribution >= 0.6 is 0 Å². The molecule has 0 saturated heterocycles. The molecule has 0 heterocycles. The Morgan fingerprint density at radius 3 is 2.33 bits per heavy atom. The minimum Gasteiger partial charge on any atom is -0.329 e. The van der Waals surface area contributed by atoms with Gasteiger partial charge >= 0.3 is 0 Å². The molecule has 0 radical (unpaired) electrons. The fourth-order valence-electron chi connectivity index (χ4n) is 1.24. The van der Waals surface area contributed by atoms with E-state index in [0.717, 1.165) is 5.92 Å². The third kappa shape index (κ3) is 1.41. The Kier molecular flexibility index (Phi) is 2.45. The standard InChI is InChI=1S/C6H15N3/c7-4-6(9-8)5-2-1-3-5/h5-6,9H,1-4,7-8H2. The summed E-state index contributed by atoms with van der Waals surface area (Å²) in [6, 6.07) is 0.360. The minimum absolute atomic E-state index is 0.360. The van der Waals surface area contributed by atoms with Gasteiger partial charge in [-0.25, -0.2) is 0 Å². The predicted octanol–water partition coefficient (Wildman–Crippen LogP) is -0.423. The van der Waals surface area contributed by atoms with Crippen molar-refractivity contribution in [1.29, 1.82) is 0 Å². The molecule has 1 saturated carbocycles. The van der Waals surface area contributed by atoms with E-state index in [1.54, 1.807) is 0 Å². The second-order valence-corrected chi connectivity index (χ2v) is 2.70. The van der Waals surface area contributed by atoms with E-state index in [-0.39, 0.29) is 0 Å². The lowest BCUT2D eigenvalue weighted by atomic mass is 9.80. The second kappa shape index (κ2) is 3.15. The van der Waals surface area contributed by atoms with Crippen LogP contribution in [0.25, 0.3) is 0 Å². The van der Waals surface area contributed by atoms with Gasteiger partial charge in [0, 0.05) is 12.6 Å². The average Bonchev–Trinajstić information content (AvgIpc) is 1.78. The zero-order valence-electron chi connectivity index (χ0n) is 5.64. The van der Waals surface area contributed by atoms with Crippen LogP contribution in [0.1, 0.15) is 19.3 Å². The summed E-state index contributed by atoms with van der Waals surface area (Å²) in [5.41, 5.74) is 8.18. The lowest BCUT2D eigenvalue weighted by Gasteiger charge is -2.32. The van der Waals surface area contributed by atoms with Crippen LogP contribution in [0.4, 0.5) is 0 Å². The summed E-state index contributed by atoms with van der Waals surface area (Å²) in [5, 5.41) is 0. The van der Waals surface area contributed by atoms with Gasteiger partial charge in [0.2, 0.25) is 0 Å². The summed E-state index contributed by atoms with van der Waals surface area (Å²) >= 11 is 0. The molecule has 0 aliphatic heterocycles. The number of hydrazine groups is 1. The smallest absolute Gasteiger partial charge is 0.0361 e. The predicted molar refractivity (Wildman–Crippen MR) is 37.5 cm³/mol. The molecular weight excluding hydrogens is 114 g/mol. The van der Waals surface area contributed by atoms with Crippen LogP contribution in [0.2, 0.25) is 0 Å². The summed E-state index contributed by atoms with van der Waals surface area (Å²) in [7, 11) is 0. The molecule has 1 unspecified atom stereocenters. The zero-order valence-corrected chi connectivity index (χ0v) is 5.64. The van der Waals surface area contributed by atoms with Crippen LogP contribution in [0.5, 0.6) is 0 Å². The van der Waals surface area contributed by atoms with Gasteiger partial charge in [-0.3, -0.25) is 11.3 Å². The quantitative estimate of drug-likeness (QED) is 0.358. The Balaban J connectivity index is 2.19. The van der Waals surface area contributed by atoms with Crippen molar-refractivity contribution in [2.75, 3.05) is 6.54 Å². The third-order valence-corrected chi connectivity index (χ3v) is 2.19. The lowest BCUT2D eigenvalue weighted by Crippen LogP contribution is -2.47. The molecule has 0 aromatic rings. The number of nitrogens with two attached hydrogens (primary N) is 2. The molecule has 3 nitrogen and oxygen atoms in total. The maximum absolute atomic E-state index is 5.45. The molecule has 3 heteroatoms. The van der Waals surface area contributed by atoms with Gasteiger partial charge in [-0.05, 0) is 18.8 Å². The highest BCUT2D eigenvalue weighted by Gasteiger charge is 2.24. The molecule has 0 bridgehead atoms. The Morgan fingerprint density at radius 2 is 2.22 bits per heavy atom. The molecular formula is C6H15N3. The number of hydrogen-bond acceptors (Lipinski definition) is 3. The van der Waals surface area contributed by atoms with Crippen LogP contribution in [0.3, 0.4) is 0 Å². The lowest BCUT2D eigenvalue weighted by molar-refractivity contribution is 0.234. The molecule has 1 fully saturated rings. The molecule has 0 aromatic heterocycles. The first-order valence-electron chi connectivity index (χ1n) is 3.54. The number of hydrogen-bond donors (Lipinski definition) is 3. The highest BCUT2D eigenvalue weighted by Crippen LogP contribution is 2.28. The monoisotopic (exact) mass is 129 g/mol. The number of rotatable bonds is 3. The van der Waals surface area contributed by atoms with Gasteiger partial charge in [-0.15, -0.1) is 0 Å². The number of nitrogens with one attached hydrogen (secondary N) is 1. The Hall–Kier alpha value is -0.120. The van der Waals surface area contributed by atoms with E-state index in [9.17, 15) is 0 Å². The first kappa shape index (κ1) is 6.99. The normalized spacial score (nSPS) is 23.3. The molecule has 1 atom stereocenters. The van der Waals surface area contributed by atoms with Crippen molar-refractivity contribution in [3.8, 4) is 0 Å². The third-order valence-electron chi connectivity index (χ3n) is 2.19. The Morgan fingerprint density at radius 1 is 1.56 bits per heavy atom. The fraction of sp³-hybridized carbons (Fsp3) is 1.00. The molecule has 0 amide bonds. The van der Waals surface area contributed by atoms with E-state index in [1.807, 2.05) is 0 Å². The van der Waals surface area contributed by atoms with Crippen LogP contribution in [0, 0.1) is 5.92 Å². The van der Waals surface area contributed by atoms with E-state index in [0.29, 0.717) is 12.6 Å². The van der Waals surface area contributed by atoms with Gasteiger partial charge in [-0.1, -0.05) is 6.42 Å².